The average Bonchev–Trinajstić information content (AvgIpc) is 2.57. The number of methoxy groups -OCH3 is 1. The summed E-state index contributed by atoms with van der Waals surface area (Å²) in [5.41, 5.74) is 2.65. The topological polar surface area (TPSA) is 75.7 Å². The van der Waals surface area contributed by atoms with E-state index >= 15 is 0 Å². The van der Waals surface area contributed by atoms with Crippen LogP contribution < -0.4 is 14.4 Å². The van der Waals surface area contributed by atoms with Crippen LogP contribution in [0.5, 0.6) is 5.75 Å². The van der Waals surface area contributed by atoms with Crippen molar-refractivity contribution >= 4 is 38.9 Å². The highest BCUT2D eigenvalue weighted by Gasteiger charge is 2.31. The van der Waals surface area contributed by atoms with Gasteiger partial charge in [0.1, 0.15) is 11.8 Å². The first kappa shape index (κ1) is 21.1. The van der Waals surface area contributed by atoms with Crippen molar-refractivity contribution in [2.75, 3.05) is 23.0 Å². The zero-order valence-electron chi connectivity index (χ0n) is 15.9. The molecule has 0 aliphatic rings. The molecule has 0 radical (unpaired) electrons. The molecule has 0 aliphatic carbocycles. The molecule has 0 heterocycles. The first-order chi connectivity index (χ1) is 12.6. The Balaban J connectivity index is 2.46. The van der Waals surface area contributed by atoms with E-state index in [9.17, 15) is 13.2 Å². The van der Waals surface area contributed by atoms with E-state index in [1.807, 2.05) is 32.0 Å². The van der Waals surface area contributed by atoms with E-state index in [4.69, 9.17) is 16.3 Å². The summed E-state index contributed by atoms with van der Waals surface area (Å²) < 4.78 is 31.3. The van der Waals surface area contributed by atoms with Crippen LogP contribution in [0.1, 0.15) is 18.1 Å². The van der Waals surface area contributed by atoms with Gasteiger partial charge in [0.15, 0.2) is 0 Å². The molecule has 0 spiro atoms. The Morgan fingerprint density at radius 3 is 2.30 bits per heavy atom. The number of amides is 1. The van der Waals surface area contributed by atoms with Crippen LogP contribution >= 0.6 is 11.6 Å². The molecule has 1 N–H and O–H groups in total. The van der Waals surface area contributed by atoms with Crippen LogP contribution in [-0.2, 0) is 14.8 Å². The van der Waals surface area contributed by atoms with Gasteiger partial charge in [-0.25, -0.2) is 8.42 Å². The van der Waals surface area contributed by atoms with Crippen LogP contribution in [-0.4, -0.2) is 33.7 Å². The molecular formula is C19H23ClN2O4S. The van der Waals surface area contributed by atoms with Gasteiger partial charge < -0.3 is 10.1 Å². The van der Waals surface area contributed by atoms with Crippen LogP contribution in [0.3, 0.4) is 0 Å². The van der Waals surface area contributed by atoms with Crippen molar-refractivity contribution in [3.63, 3.8) is 0 Å². The molecule has 2 rings (SSSR count). The lowest BCUT2D eigenvalue weighted by Crippen LogP contribution is -2.45. The van der Waals surface area contributed by atoms with Gasteiger partial charge in [0.25, 0.3) is 0 Å². The van der Waals surface area contributed by atoms with E-state index in [0.29, 0.717) is 16.5 Å². The molecule has 0 unspecified atom stereocenters. The number of carbonyl (C=O) groups excluding carboxylic acids is 1. The Morgan fingerprint density at radius 2 is 1.78 bits per heavy atom. The van der Waals surface area contributed by atoms with Gasteiger partial charge in [-0.3, -0.25) is 9.10 Å². The predicted molar refractivity (Wildman–Crippen MR) is 109 cm³/mol. The summed E-state index contributed by atoms with van der Waals surface area (Å²) in [5.74, 6) is -0.156. The molecule has 0 bridgehead atoms. The van der Waals surface area contributed by atoms with Crippen molar-refractivity contribution in [3.05, 3.63) is 52.5 Å². The fourth-order valence-corrected chi connectivity index (χ4v) is 4.19. The molecule has 1 atom stereocenters. The third kappa shape index (κ3) is 4.73. The lowest BCUT2D eigenvalue weighted by atomic mass is 10.1. The van der Waals surface area contributed by atoms with Gasteiger partial charge in [-0.2, -0.15) is 0 Å². The predicted octanol–water partition coefficient (Wildman–Crippen LogP) is 3.76. The molecule has 1 amide bonds. The number of hydrogen-bond acceptors (Lipinski definition) is 4. The van der Waals surface area contributed by atoms with E-state index in [1.165, 1.54) is 20.1 Å². The fourth-order valence-electron chi connectivity index (χ4n) is 2.86. The zero-order valence-corrected chi connectivity index (χ0v) is 17.5. The number of carbonyl (C=O) groups is 1. The van der Waals surface area contributed by atoms with Gasteiger partial charge in [0, 0.05) is 10.7 Å². The second-order valence-corrected chi connectivity index (χ2v) is 8.60. The maximum Gasteiger partial charge on any atom is 0.248 e. The zero-order chi connectivity index (χ0) is 20.4. The number of anilines is 2. The summed E-state index contributed by atoms with van der Waals surface area (Å²) in [5, 5.41) is 3.17. The number of hydrogen-bond donors (Lipinski definition) is 1. The smallest absolute Gasteiger partial charge is 0.248 e. The average molecular weight is 411 g/mol. The highest BCUT2D eigenvalue weighted by molar-refractivity contribution is 7.92. The van der Waals surface area contributed by atoms with E-state index in [0.717, 1.165) is 21.7 Å². The van der Waals surface area contributed by atoms with E-state index in [-0.39, 0.29) is 5.69 Å². The molecule has 2 aromatic carbocycles. The summed E-state index contributed by atoms with van der Waals surface area (Å²) in [6.45, 7) is 5.27. The number of para-hydroxylation sites is 1. The number of ether oxygens (including phenoxy) is 1. The molecule has 27 heavy (non-hydrogen) atoms. The Bertz CT molecular complexity index is 940. The standard InChI is InChI=1S/C19H23ClN2O4S/c1-12-7-6-8-13(2)18(12)21-19(23)14(3)22(27(5,24)25)16-11-15(20)9-10-17(16)26-4/h6-11,14H,1-5H3,(H,21,23)/t14-/m0/s1. The molecule has 8 heteroatoms. The number of rotatable bonds is 6. The van der Waals surface area contributed by atoms with Crippen molar-refractivity contribution in [2.45, 2.75) is 26.8 Å². The third-order valence-electron chi connectivity index (χ3n) is 4.20. The largest absolute Gasteiger partial charge is 0.495 e. The number of sulfonamides is 1. The van der Waals surface area contributed by atoms with Crippen molar-refractivity contribution in [2.24, 2.45) is 0 Å². The van der Waals surface area contributed by atoms with Gasteiger partial charge in [-0.1, -0.05) is 29.8 Å². The number of benzene rings is 2. The third-order valence-corrected chi connectivity index (χ3v) is 5.66. The highest BCUT2D eigenvalue weighted by Crippen LogP contribution is 2.34. The molecule has 0 saturated carbocycles. The van der Waals surface area contributed by atoms with Crippen molar-refractivity contribution in [1.29, 1.82) is 0 Å². The van der Waals surface area contributed by atoms with Gasteiger partial charge in [0.05, 0.1) is 19.1 Å². The van der Waals surface area contributed by atoms with Crippen molar-refractivity contribution in [3.8, 4) is 5.75 Å². The summed E-state index contributed by atoms with van der Waals surface area (Å²) in [7, 11) is -2.37. The minimum absolute atomic E-state index is 0.205. The second kappa shape index (κ2) is 8.19. The molecule has 146 valence electrons. The Kier molecular flexibility index (Phi) is 6.38. The lowest BCUT2D eigenvalue weighted by molar-refractivity contribution is -0.116. The van der Waals surface area contributed by atoms with Crippen LogP contribution in [0.15, 0.2) is 36.4 Å². The van der Waals surface area contributed by atoms with Crippen LogP contribution in [0.4, 0.5) is 11.4 Å². The highest BCUT2D eigenvalue weighted by atomic mass is 35.5. The number of nitrogens with one attached hydrogen (secondary N) is 1. The maximum atomic E-state index is 12.9. The minimum atomic E-state index is -3.79. The summed E-state index contributed by atoms with van der Waals surface area (Å²) in [4.78, 5) is 12.9. The van der Waals surface area contributed by atoms with Gasteiger partial charge in [-0.15, -0.1) is 0 Å². The fraction of sp³-hybridized carbons (Fsp3) is 0.316. The molecule has 0 fully saturated rings. The summed E-state index contributed by atoms with van der Waals surface area (Å²) in [6.07, 6.45) is 1.04. The van der Waals surface area contributed by atoms with E-state index in [1.54, 1.807) is 12.1 Å². The molecule has 2 aromatic rings. The monoisotopic (exact) mass is 410 g/mol. The van der Waals surface area contributed by atoms with Crippen molar-refractivity contribution < 1.29 is 17.9 Å². The quantitative estimate of drug-likeness (QED) is 0.786. The minimum Gasteiger partial charge on any atom is -0.495 e. The molecule has 0 saturated heterocycles. The first-order valence-electron chi connectivity index (χ1n) is 8.26. The Labute approximate surface area is 165 Å². The van der Waals surface area contributed by atoms with Crippen LogP contribution in [0.2, 0.25) is 5.02 Å². The van der Waals surface area contributed by atoms with Gasteiger partial charge >= 0.3 is 0 Å². The van der Waals surface area contributed by atoms with Gasteiger partial charge in [-0.05, 0) is 50.1 Å². The SMILES string of the molecule is COc1ccc(Cl)cc1N([C@@H](C)C(=O)Nc1c(C)cccc1C)S(C)(=O)=O. The second-order valence-electron chi connectivity index (χ2n) is 6.31. The van der Waals surface area contributed by atoms with Crippen LogP contribution in [0, 0.1) is 13.8 Å². The normalized spacial score (nSPS) is 12.4. The van der Waals surface area contributed by atoms with E-state index < -0.39 is 22.0 Å². The Morgan fingerprint density at radius 1 is 1.19 bits per heavy atom. The van der Waals surface area contributed by atoms with Crippen molar-refractivity contribution in [1.82, 2.24) is 0 Å². The van der Waals surface area contributed by atoms with Crippen LogP contribution in [0.25, 0.3) is 0 Å². The maximum absolute atomic E-state index is 12.9. The summed E-state index contributed by atoms with van der Waals surface area (Å²) >= 11 is 6.05. The number of aryl methyl sites for hydroxylation is 2. The molecule has 0 aliphatic heterocycles. The van der Waals surface area contributed by atoms with Gasteiger partial charge in [0.2, 0.25) is 15.9 Å². The number of halogens is 1. The molecule has 0 aromatic heterocycles. The summed E-state index contributed by atoms with van der Waals surface area (Å²) in [6, 6.07) is 9.24. The number of nitrogens with zero attached hydrogens (tertiary/aromatic N) is 1. The molecular weight excluding hydrogens is 388 g/mol. The first-order valence-corrected chi connectivity index (χ1v) is 10.5. The molecule has 6 nitrogen and oxygen atoms in total. The van der Waals surface area contributed by atoms with E-state index in [2.05, 4.69) is 5.32 Å². The lowest BCUT2D eigenvalue weighted by Gasteiger charge is -2.29. The Hall–Kier alpha value is -2.25.